The van der Waals surface area contributed by atoms with Crippen molar-refractivity contribution in [1.82, 2.24) is 29.6 Å². The van der Waals surface area contributed by atoms with Gasteiger partial charge >= 0.3 is 0 Å². The van der Waals surface area contributed by atoms with Gasteiger partial charge in [-0.3, -0.25) is 29.3 Å². The van der Waals surface area contributed by atoms with Crippen LogP contribution in [0.1, 0.15) is 13.3 Å². The lowest BCUT2D eigenvalue weighted by atomic mass is 10.0. The standard InChI is InChI=1S/C27H24N6O3/c1-15-10-18-14-32(15)8-9-33-27(35)20-6-2-5-19(23(20)31-33)24-26(34)29-21-11-17(16-4-3-7-28-13-16)12-22(36-18)25(21)30-24/h2-7,11-13,15,18,31H,8-10,14H2,1H3,(H,29,34)/t15-,18?/m1/s1. The zero-order valence-corrected chi connectivity index (χ0v) is 19.7. The summed E-state index contributed by atoms with van der Waals surface area (Å²) in [4.78, 5) is 40.9. The summed E-state index contributed by atoms with van der Waals surface area (Å²) in [5, 5.41) is 3.79. The first-order valence-corrected chi connectivity index (χ1v) is 12.2. The van der Waals surface area contributed by atoms with Crippen molar-refractivity contribution < 1.29 is 4.74 Å². The van der Waals surface area contributed by atoms with E-state index in [1.807, 2.05) is 30.3 Å². The molecule has 5 aromatic rings. The van der Waals surface area contributed by atoms with Crippen molar-refractivity contribution in [3.05, 3.63) is 75.6 Å². The largest absolute Gasteiger partial charge is 0.487 e. The van der Waals surface area contributed by atoms with Crippen molar-refractivity contribution in [2.24, 2.45) is 0 Å². The first kappa shape index (κ1) is 21.1. The molecule has 2 unspecified atom stereocenters. The van der Waals surface area contributed by atoms with Gasteiger partial charge in [0.1, 0.15) is 23.1 Å². The van der Waals surface area contributed by atoms with Crippen LogP contribution < -0.4 is 15.9 Å². The fraction of sp³-hybridized carbons (Fsp3) is 0.259. The Bertz CT molecular complexity index is 1750. The maximum absolute atomic E-state index is 13.3. The maximum atomic E-state index is 13.3. The summed E-state index contributed by atoms with van der Waals surface area (Å²) in [7, 11) is 0. The molecule has 36 heavy (non-hydrogen) atoms. The molecule has 9 nitrogen and oxygen atoms in total. The van der Waals surface area contributed by atoms with Crippen molar-refractivity contribution >= 4 is 21.9 Å². The van der Waals surface area contributed by atoms with E-state index in [-0.39, 0.29) is 22.9 Å². The predicted molar refractivity (Wildman–Crippen MR) is 137 cm³/mol. The first-order chi connectivity index (χ1) is 17.5. The average Bonchev–Trinajstić information content (AvgIpc) is 3.40. The van der Waals surface area contributed by atoms with Gasteiger partial charge in [-0.2, -0.15) is 0 Å². The molecule has 180 valence electrons. The van der Waals surface area contributed by atoms with Gasteiger partial charge < -0.3 is 9.72 Å². The van der Waals surface area contributed by atoms with E-state index in [4.69, 9.17) is 9.72 Å². The summed E-state index contributed by atoms with van der Waals surface area (Å²) >= 11 is 0. The van der Waals surface area contributed by atoms with Gasteiger partial charge in [-0.05, 0) is 36.8 Å². The number of aromatic amines is 2. The normalized spacial score (nSPS) is 21.2. The quantitative estimate of drug-likeness (QED) is 0.382. The minimum Gasteiger partial charge on any atom is -0.487 e. The molecular formula is C27H24N6O3. The molecule has 2 N–H and O–H groups in total. The minimum absolute atomic E-state index is 0.0358. The van der Waals surface area contributed by atoms with E-state index in [1.165, 1.54) is 0 Å². The lowest BCUT2D eigenvalue weighted by molar-refractivity contribution is 0.195. The molecule has 1 saturated heterocycles. The van der Waals surface area contributed by atoms with Crippen LogP contribution in [0.2, 0.25) is 0 Å². The van der Waals surface area contributed by atoms with Gasteiger partial charge in [-0.15, -0.1) is 0 Å². The molecule has 7 rings (SSSR count). The van der Waals surface area contributed by atoms with E-state index in [0.717, 1.165) is 30.6 Å². The number of para-hydroxylation sites is 1. The summed E-state index contributed by atoms with van der Waals surface area (Å²) in [6, 6.07) is 13.4. The number of H-pyrrole nitrogens is 2. The molecule has 9 heteroatoms. The summed E-state index contributed by atoms with van der Waals surface area (Å²) in [6.07, 6.45) is 4.34. The number of hydrogen-bond donors (Lipinski definition) is 2. The van der Waals surface area contributed by atoms with Crippen molar-refractivity contribution in [2.75, 3.05) is 13.1 Å². The Morgan fingerprint density at radius 2 is 2.00 bits per heavy atom. The van der Waals surface area contributed by atoms with Crippen LogP contribution >= 0.6 is 0 Å². The predicted octanol–water partition coefficient (Wildman–Crippen LogP) is 3.15. The monoisotopic (exact) mass is 480 g/mol. The highest BCUT2D eigenvalue weighted by Crippen LogP contribution is 2.34. The van der Waals surface area contributed by atoms with Crippen molar-refractivity contribution in [2.45, 2.75) is 32.0 Å². The number of nitrogens with one attached hydrogen (secondary N) is 2. The van der Waals surface area contributed by atoms with Crippen LogP contribution in [0.5, 0.6) is 5.75 Å². The zero-order chi connectivity index (χ0) is 24.4. The second kappa shape index (κ2) is 7.89. The highest BCUT2D eigenvalue weighted by atomic mass is 16.5. The highest BCUT2D eigenvalue weighted by Gasteiger charge is 2.31. The smallest absolute Gasteiger partial charge is 0.275 e. The molecule has 2 aliphatic rings. The van der Waals surface area contributed by atoms with E-state index >= 15 is 0 Å². The van der Waals surface area contributed by atoms with Crippen LogP contribution in [0.25, 0.3) is 44.3 Å². The summed E-state index contributed by atoms with van der Waals surface area (Å²) < 4.78 is 8.22. The molecule has 1 fully saturated rings. The van der Waals surface area contributed by atoms with Crippen molar-refractivity contribution in [3.63, 3.8) is 0 Å². The second-order valence-electron chi connectivity index (χ2n) is 9.64. The average molecular weight is 481 g/mol. The Balaban J connectivity index is 1.52. The van der Waals surface area contributed by atoms with E-state index in [9.17, 15) is 9.59 Å². The molecule has 2 aliphatic heterocycles. The Kier molecular flexibility index (Phi) is 4.62. The second-order valence-corrected chi connectivity index (χ2v) is 9.64. The third kappa shape index (κ3) is 3.27. The molecular weight excluding hydrogens is 456 g/mol. The molecule has 3 atom stereocenters. The number of hydrogen-bond acceptors (Lipinski definition) is 6. The van der Waals surface area contributed by atoms with Crippen molar-refractivity contribution in [1.29, 1.82) is 0 Å². The lowest BCUT2D eigenvalue weighted by Crippen LogP contribution is -2.33. The zero-order valence-electron chi connectivity index (χ0n) is 19.7. The Labute approximate surface area is 205 Å². The molecule has 0 saturated carbocycles. The highest BCUT2D eigenvalue weighted by molar-refractivity contribution is 5.94. The topological polar surface area (TPSA) is 109 Å². The van der Waals surface area contributed by atoms with Crippen LogP contribution in [0.4, 0.5) is 0 Å². The molecule has 5 heterocycles. The van der Waals surface area contributed by atoms with Gasteiger partial charge in [-0.1, -0.05) is 18.2 Å². The van der Waals surface area contributed by atoms with Gasteiger partial charge in [0.15, 0.2) is 0 Å². The van der Waals surface area contributed by atoms with Crippen LogP contribution in [0.3, 0.4) is 0 Å². The number of nitrogens with zero attached hydrogens (tertiary/aromatic N) is 4. The minimum atomic E-state index is -0.328. The molecule has 3 aromatic heterocycles. The third-order valence-electron chi connectivity index (χ3n) is 7.37. The van der Waals surface area contributed by atoms with Crippen LogP contribution in [-0.2, 0) is 6.54 Å². The van der Waals surface area contributed by atoms with Crippen LogP contribution in [0.15, 0.2) is 64.4 Å². The maximum Gasteiger partial charge on any atom is 0.275 e. The van der Waals surface area contributed by atoms with Gasteiger partial charge in [0.25, 0.3) is 11.1 Å². The third-order valence-corrected chi connectivity index (χ3v) is 7.37. The van der Waals surface area contributed by atoms with E-state index in [1.54, 1.807) is 29.2 Å². The van der Waals surface area contributed by atoms with Crippen LogP contribution in [-0.4, -0.2) is 54.9 Å². The lowest BCUT2D eigenvalue weighted by Gasteiger charge is -2.21. The van der Waals surface area contributed by atoms with Crippen molar-refractivity contribution in [3.8, 4) is 28.1 Å². The summed E-state index contributed by atoms with van der Waals surface area (Å²) in [5.41, 5.74) is 4.01. The van der Waals surface area contributed by atoms with Crippen LogP contribution in [0, 0.1) is 0 Å². The summed E-state index contributed by atoms with van der Waals surface area (Å²) in [6.45, 7) is 4.18. The molecule has 0 aliphatic carbocycles. The number of pyridine rings is 1. The van der Waals surface area contributed by atoms with E-state index in [0.29, 0.717) is 45.8 Å². The number of rotatable bonds is 1. The molecule has 0 radical (unpaired) electrons. The molecule has 0 spiro atoms. The number of fused-ring (bicyclic) bond motifs is 5. The van der Waals surface area contributed by atoms with E-state index in [2.05, 4.69) is 26.9 Å². The van der Waals surface area contributed by atoms with Gasteiger partial charge in [0, 0.05) is 49.1 Å². The van der Waals surface area contributed by atoms with Gasteiger partial charge in [0.05, 0.1) is 23.0 Å². The molecule has 0 amide bonds. The fourth-order valence-corrected chi connectivity index (χ4v) is 5.52. The summed E-state index contributed by atoms with van der Waals surface area (Å²) in [5.74, 6) is 0.623. The Morgan fingerprint density at radius 1 is 1.08 bits per heavy atom. The Hall–Kier alpha value is -4.24. The SMILES string of the molecule is C[C@@H]1CC2CN1CCn1[nH]c3c(cccc3c1=O)-c1nc3c(cc(-c4cccnc4)cc3[nH]c1=O)O2. The van der Waals surface area contributed by atoms with Gasteiger partial charge in [0.2, 0.25) is 0 Å². The first-order valence-electron chi connectivity index (χ1n) is 12.2. The Morgan fingerprint density at radius 3 is 2.86 bits per heavy atom. The van der Waals surface area contributed by atoms with E-state index < -0.39 is 0 Å². The fourth-order valence-electron chi connectivity index (χ4n) is 5.52. The van der Waals surface area contributed by atoms with Gasteiger partial charge in [-0.25, -0.2) is 4.98 Å². The number of ether oxygens (including phenoxy) is 1. The number of aromatic nitrogens is 5. The molecule has 2 aromatic carbocycles. The molecule has 6 bridgehead atoms. The number of benzene rings is 2.